The number of pyridine rings is 1. The van der Waals surface area contributed by atoms with Crippen LogP contribution in [0.25, 0.3) is 0 Å². The molecule has 2 amide bonds. The number of piperidine rings is 2. The van der Waals surface area contributed by atoms with Gasteiger partial charge in [-0.05, 0) is 57.3 Å². The molecule has 1 unspecified atom stereocenters. The highest BCUT2D eigenvalue weighted by molar-refractivity contribution is 5.92. The minimum Gasteiger partial charge on any atom is -0.384 e. The van der Waals surface area contributed by atoms with Gasteiger partial charge in [0.2, 0.25) is 11.8 Å². The molecule has 1 aromatic heterocycles. The molecule has 0 bridgehead atoms. The van der Waals surface area contributed by atoms with E-state index in [-0.39, 0.29) is 17.7 Å². The summed E-state index contributed by atoms with van der Waals surface area (Å²) in [5, 5.41) is 6.21. The monoisotopic (exact) mass is 374 g/mol. The Balaban J connectivity index is 1.64. The van der Waals surface area contributed by atoms with Crippen molar-refractivity contribution in [3.63, 3.8) is 0 Å². The number of amides is 2. The van der Waals surface area contributed by atoms with E-state index in [0.29, 0.717) is 25.5 Å². The summed E-state index contributed by atoms with van der Waals surface area (Å²) in [4.78, 5) is 32.1. The topological polar surface area (TPSA) is 83.6 Å². The second kappa shape index (κ2) is 8.80. The van der Waals surface area contributed by atoms with Gasteiger partial charge < -0.3 is 20.3 Å². The molecule has 2 aliphatic rings. The van der Waals surface area contributed by atoms with Crippen molar-refractivity contribution in [1.82, 2.24) is 15.2 Å². The van der Waals surface area contributed by atoms with Crippen molar-refractivity contribution in [1.29, 1.82) is 0 Å². The lowest BCUT2D eigenvalue weighted by molar-refractivity contribution is -0.150. The Morgan fingerprint density at radius 3 is 2.81 bits per heavy atom. The maximum Gasteiger partial charge on any atom is 0.231 e. The highest BCUT2D eigenvalue weighted by atomic mass is 16.5. The number of nitrogens with zero attached hydrogens (tertiary/aromatic N) is 2. The number of carbonyl (C=O) groups excluding carboxylic acids is 2. The van der Waals surface area contributed by atoms with Crippen LogP contribution in [0.15, 0.2) is 18.3 Å². The van der Waals surface area contributed by atoms with E-state index in [1.807, 2.05) is 24.0 Å². The maximum absolute atomic E-state index is 13.3. The van der Waals surface area contributed by atoms with E-state index >= 15 is 0 Å². The van der Waals surface area contributed by atoms with Crippen LogP contribution in [0.2, 0.25) is 0 Å². The highest BCUT2D eigenvalue weighted by Crippen LogP contribution is 2.33. The number of aromatic nitrogens is 1. The van der Waals surface area contributed by atoms with Crippen molar-refractivity contribution < 1.29 is 14.3 Å². The summed E-state index contributed by atoms with van der Waals surface area (Å²) in [6.07, 6.45) is 4.92. The van der Waals surface area contributed by atoms with Crippen LogP contribution in [0.3, 0.4) is 0 Å². The Morgan fingerprint density at radius 1 is 1.37 bits per heavy atom. The van der Waals surface area contributed by atoms with Gasteiger partial charge in [0.05, 0.1) is 17.9 Å². The summed E-state index contributed by atoms with van der Waals surface area (Å²) in [5.41, 5.74) is 0.588. The Kier molecular flexibility index (Phi) is 6.44. The third kappa shape index (κ3) is 4.65. The summed E-state index contributed by atoms with van der Waals surface area (Å²) in [6.45, 7) is 5.23. The van der Waals surface area contributed by atoms with Gasteiger partial charge in [-0.2, -0.15) is 0 Å². The lowest BCUT2D eigenvalue weighted by atomic mass is 9.77. The largest absolute Gasteiger partial charge is 0.384 e. The molecule has 1 atom stereocenters. The lowest BCUT2D eigenvalue weighted by Gasteiger charge is -2.42. The summed E-state index contributed by atoms with van der Waals surface area (Å²) in [7, 11) is 1.65. The van der Waals surface area contributed by atoms with E-state index in [4.69, 9.17) is 4.74 Å². The van der Waals surface area contributed by atoms with Gasteiger partial charge in [-0.15, -0.1) is 0 Å². The number of likely N-dealkylation sites (tertiary alicyclic amines) is 1. The van der Waals surface area contributed by atoms with Gasteiger partial charge >= 0.3 is 0 Å². The zero-order valence-corrected chi connectivity index (χ0v) is 16.3. The maximum atomic E-state index is 13.3. The van der Waals surface area contributed by atoms with Gasteiger partial charge in [-0.1, -0.05) is 6.07 Å². The molecule has 1 aromatic rings. The lowest BCUT2D eigenvalue weighted by Crippen LogP contribution is -2.54. The normalized spacial score (nSPS) is 22.3. The summed E-state index contributed by atoms with van der Waals surface area (Å²) in [6, 6.07) is 3.73. The van der Waals surface area contributed by atoms with Crippen LogP contribution >= 0.6 is 0 Å². The molecule has 3 heterocycles. The number of methoxy groups -OCH3 is 1. The van der Waals surface area contributed by atoms with E-state index < -0.39 is 5.41 Å². The van der Waals surface area contributed by atoms with Gasteiger partial charge in [-0.3, -0.25) is 9.59 Å². The molecule has 7 nitrogen and oxygen atoms in total. The first-order chi connectivity index (χ1) is 13.0. The van der Waals surface area contributed by atoms with Crippen LogP contribution in [0.4, 0.5) is 5.82 Å². The fourth-order valence-electron chi connectivity index (χ4n) is 4.08. The zero-order chi connectivity index (χ0) is 19.3. The standard InChI is InChI=1S/C20H30N4O3/c1-15-5-6-17(22-12-15)23-18(25)16-4-3-11-24(13-16)19(26)20(14-27-2)7-9-21-10-8-20/h5-6,12,16,21H,3-4,7-11,13-14H2,1-2H3,(H,22,23,25). The van der Waals surface area contributed by atoms with Crippen LogP contribution in [0, 0.1) is 18.3 Å². The highest BCUT2D eigenvalue weighted by Gasteiger charge is 2.43. The van der Waals surface area contributed by atoms with E-state index in [1.165, 1.54) is 0 Å². The molecule has 2 fully saturated rings. The van der Waals surface area contributed by atoms with E-state index in [1.54, 1.807) is 13.3 Å². The third-order valence-corrected chi connectivity index (χ3v) is 5.68. The first kappa shape index (κ1) is 19.8. The molecule has 27 heavy (non-hydrogen) atoms. The molecule has 2 N–H and O–H groups in total. The number of aryl methyl sites for hydroxylation is 1. The van der Waals surface area contributed by atoms with Crippen LogP contribution in [-0.2, 0) is 14.3 Å². The predicted molar refractivity (Wildman–Crippen MR) is 103 cm³/mol. The average Bonchev–Trinajstić information content (AvgIpc) is 2.70. The Hall–Kier alpha value is -1.99. The predicted octanol–water partition coefficient (Wildman–Crippen LogP) is 1.58. The fraction of sp³-hybridized carbons (Fsp3) is 0.650. The number of carbonyl (C=O) groups is 2. The molecule has 0 radical (unpaired) electrons. The van der Waals surface area contributed by atoms with Gasteiger partial charge in [0, 0.05) is 26.4 Å². The molecule has 0 aromatic carbocycles. The number of nitrogens with one attached hydrogen (secondary N) is 2. The second-order valence-electron chi connectivity index (χ2n) is 7.76. The van der Waals surface area contributed by atoms with E-state index in [0.717, 1.165) is 44.3 Å². The molecule has 7 heteroatoms. The van der Waals surface area contributed by atoms with Crippen molar-refractivity contribution in [2.24, 2.45) is 11.3 Å². The van der Waals surface area contributed by atoms with Crippen molar-refractivity contribution in [2.75, 3.05) is 45.2 Å². The number of anilines is 1. The zero-order valence-electron chi connectivity index (χ0n) is 16.3. The molecule has 3 rings (SSSR count). The second-order valence-corrected chi connectivity index (χ2v) is 7.76. The van der Waals surface area contributed by atoms with Crippen molar-refractivity contribution in [2.45, 2.75) is 32.6 Å². The fourth-order valence-corrected chi connectivity index (χ4v) is 4.08. The molecule has 2 saturated heterocycles. The molecule has 0 spiro atoms. The minimum absolute atomic E-state index is 0.0602. The Labute approximate surface area is 160 Å². The number of ether oxygens (including phenoxy) is 1. The summed E-state index contributed by atoms with van der Waals surface area (Å²) >= 11 is 0. The molecule has 148 valence electrons. The van der Waals surface area contributed by atoms with Crippen LogP contribution in [-0.4, -0.2) is 61.6 Å². The van der Waals surface area contributed by atoms with Crippen molar-refractivity contribution in [3.8, 4) is 0 Å². The SMILES string of the molecule is COCC1(C(=O)N2CCCC(C(=O)Nc3ccc(C)cn3)C2)CCNCC1. The van der Waals surface area contributed by atoms with E-state index in [9.17, 15) is 9.59 Å². The molecule has 2 aliphatic heterocycles. The smallest absolute Gasteiger partial charge is 0.231 e. The van der Waals surface area contributed by atoms with Gasteiger partial charge in [0.15, 0.2) is 0 Å². The van der Waals surface area contributed by atoms with Gasteiger partial charge in [0.1, 0.15) is 5.82 Å². The third-order valence-electron chi connectivity index (χ3n) is 5.68. The molecule has 0 saturated carbocycles. The molecular weight excluding hydrogens is 344 g/mol. The van der Waals surface area contributed by atoms with Gasteiger partial charge in [0.25, 0.3) is 0 Å². The number of rotatable bonds is 5. The number of hydrogen-bond acceptors (Lipinski definition) is 5. The van der Waals surface area contributed by atoms with Crippen LogP contribution in [0.5, 0.6) is 0 Å². The first-order valence-electron chi connectivity index (χ1n) is 9.77. The van der Waals surface area contributed by atoms with Crippen molar-refractivity contribution >= 4 is 17.6 Å². The van der Waals surface area contributed by atoms with Crippen LogP contribution < -0.4 is 10.6 Å². The molecule has 0 aliphatic carbocycles. The molecular formula is C20H30N4O3. The van der Waals surface area contributed by atoms with Crippen molar-refractivity contribution in [3.05, 3.63) is 23.9 Å². The Morgan fingerprint density at radius 2 is 2.15 bits per heavy atom. The minimum atomic E-state index is -0.461. The van der Waals surface area contributed by atoms with Crippen LogP contribution in [0.1, 0.15) is 31.2 Å². The first-order valence-corrected chi connectivity index (χ1v) is 9.77. The summed E-state index contributed by atoms with van der Waals surface area (Å²) < 4.78 is 5.40. The quantitative estimate of drug-likeness (QED) is 0.818. The van der Waals surface area contributed by atoms with E-state index in [2.05, 4.69) is 15.6 Å². The van der Waals surface area contributed by atoms with Gasteiger partial charge in [-0.25, -0.2) is 4.98 Å². The average molecular weight is 374 g/mol. The Bertz CT molecular complexity index is 650. The summed E-state index contributed by atoms with van der Waals surface area (Å²) in [5.74, 6) is 0.433. The number of hydrogen-bond donors (Lipinski definition) is 2.